The van der Waals surface area contributed by atoms with Crippen LogP contribution in [-0.2, 0) is 4.84 Å². The summed E-state index contributed by atoms with van der Waals surface area (Å²) in [6.07, 6.45) is 0.808. The van der Waals surface area contributed by atoms with Crippen LogP contribution in [0.2, 0.25) is 0 Å². The maximum Gasteiger partial charge on any atom is 0.142 e. The number of benzene rings is 1. The van der Waals surface area contributed by atoms with Crippen LogP contribution in [0.3, 0.4) is 0 Å². The normalized spacial score (nSPS) is 20.4. The van der Waals surface area contributed by atoms with Gasteiger partial charge in [0.1, 0.15) is 11.9 Å². The van der Waals surface area contributed by atoms with E-state index in [1.54, 1.807) is 6.07 Å². The number of halogens is 2. The van der Waals surface area contributed by atoms with Gasteiger partial charge in [0, 0.05) is 17.3 Å². The van der Waals surface area contributed by atoms with E-state index < -0.39 is 0 Å². The van der Waals surface area contributed by atoms with Gasteiger partial charge < -0.3 is 4.84 Å². The third kappa shape index (κ3) is 1.95. The summed E-state index contributed by atoms with van der Waals surface area (Å²) in [4.78, 5) is 5.13. The Labute approximate surface area is 89.9 Å². The molecule has 0 radical (unpaired) electrons. The van der Waals surface area contributed by atoms with E-state index in [1.807, 2.05) is 6.07 Å². The molecule has 0 aromatic heterocycles. The number of hydrogen-bond acceptors (Lipinski definition) is 2. The second kappa shape index (κ2) is 4.09. The molecule has 0 fully saturated rings. The molecule has 14 heavy (non-hydrogen) atoms. The lowest BCUT2D eigenvalue weighted by Gasteiger charge is -2.01. The lowest BCUT2D eigenvalue weighted by atomic mass is 10.1. The second-order valence-electron chi connectivity index (χ2n) is 3.13. The van der Waals surface area contributed by atoms with Crippen molar-refractivity contribution in [1.82, 2.24) is 0 Å². The summed E-state index contributed by atoms with van der Waals surface area (Å²) < 4.78 is 12.9. The Hall–Kier alpha value is -0.900. The van der Waals surface area contributed by atoms with Gasteiger partial charge in [-0.1, -0.05) is 33.2 Å². The number of nitrogens with zero attached hydrogens (tertiary/aromatic N) is 1. The fourth-order valence-corrected chi connectivity index (χ4v) is 1.70. The second-order valence-corrected chi connectivity index (χ2v) is 3.78. The van der Waals surface area contributed by atoms with E-state index in [1.165, 1.54) is 12.1 Å². The Morgan fingerprint density at radius 1 is 1.57 bits per heavy atom. The van der Waals surface area contributed by atoms with Crippen molar-refractivity contribution in [3.05, 3.63) is 35.6 Å². The van der Waals surface area contributed by atoms with Gasteiger partial charge in [-0.25, -0.2) is 4.39 Å². The Balaban J connectivity index is 2.17. The van der Waals surface area contributed by atoms with Crippen LogP contribution in [0, 0.1) is 5.82 Å². The predicted molar refractivity (Wildman–Crippen MR) is 56.2 cm³/mol. The van der Waals surface area contributed by atoms with E-state index in [9.17, 15) is 4.39 Å². The van der Waals surface area contributed by atoms with Crippen molar-refractivity contribution in [2.45, 2.75) is 12.5 Å². The van der Waals surface area contributed by atoms with E-state index in [0.29, 0.717) is 0 Å². The number of alkyl halides is 1. The van der Waals surface area contributed by atoms with E-state index in [2.05, 4.69) is 21.1 Å². The first kappa shape index (κ1) is 9.65. The summed E-state index contributed by atoms with van der Waals surface area (Å²) in [5.74, 6) is -0.243. The maximum absolute atomic E-state index is 12.9. The van der Waals surface area contributed by atoms with E-state index >= 15 is 0 Å². The molecule has 0 aliphatic carbocycles. The van der Waals surface area contributed by atoms with Gasteiger partial charge in [-0.3, -0.25) is 0 Å². The monoisotopic (exact) mass is 257 g/mol. The highest BCUT2D eigenvalue weighted by atomic mass is 79.9. The third-order valence-electron chi connectivity index (χ3n) is 2.06. The first-order valence-electron chi connectivity index (χ1n) is 4.34. The fraction of sp³-hybridized carbons (Fsp3) is 0.300. The topological polar surface area (TPSA) is 21.6 Å². The van der Waals surface area contributed by atoms with Gasteiger partial charge in [0.2, 0.25) is 0 Å². The number of hydrogen-bond donors (Lipinski definition) is 0. The van der Waals surface area contributed by atoms with Crippen molar-refractivity contribution in [1.29, 1.82) is 0 Å². The van der Waals surface area contributed by atoms with Crippen LogP contribution in [0.4, 0.5) is 4.39 Å². The minimum Gasteiger partial charge on any atom is -0.391 e. The van der Waals surface area contributed by atoms with Gasteiger partial charge in [-0.15, -0.1) is 0 Å². The van der Waals surface area contributed by atoms with Crippen LogP contribution in [-0.4, -0.2) is 17.1 Å². The van der Waals surface area contributed by atoms with E-state index in [0.717, 1.165) is 23.0 Å². The molecule has 4 heteroatoms. The fourth-order valence-electron chi connectivity index (χ4n) is 1.35. The Bertz CT molecular complexity index is 367. The average Bonchev–Trinajstić information content (AvgIpc) is 2.66. The number of rotatable bonds is 2. The number of oxime groups is 1. The Morgan fingerprint density at radius 3 is 3.07 bits per heavy atom. The molecule has 1 aromatic rings. The molecule has 1 aliphatic heterocycles. The van der Waals surface area contributed by atoms with Gasteiger partial charge in [0.05, 0.1) is 5.71 Å². The van der Waals surface area contributed by atoms with Crippen LogP contribution in [0.5, 0.6) is 0 Å². The molecule has 0 N–H and O–H groups in total. The smallest absolute Gasteiger partial charge is 0.142 e. The summed E-state index contributed by atoms with van der Waals surface area (Å²) in [5, 5.41) is 4.66. The van der Waals surface area contributed by atoms with E-state index in [-0.39, 0.29) is 11.9 Å². The van der Waals surface area contributed by atoms with Crippen LogP contribution in [0.1, 0.15) is 12.0 Å². The molecule has 74 valence electrons. The summed E-state index contributed by atoms with van der Waals surface area (Å²) in [7, 11) is 0. The van der Waals surface area contributed by atoms with Gasteiger partial charge in [0.25, 0.3) is 0 Å². The highest BCUT2D eigenvalue weighted by Crippen LogP contribution is 2.18. The van der Waals surface area contributed by atoms with Crippen molar-refractivity contribution in [3.8, 4) is 0 Å². The molecule has 2 rings (SSSR count). The van der Waals surface area contributed by atoms with Crippen molar-refractivity contribution >= 4 is 21.6 Å². The Kier molecular flexibility index (Phi) is 2.82. The van der Waals surface area contributed by atoms with Crippen molar-refractivity contribution in [2.75, 3.05) is 5.33 Å². The quantitative estimate of drug-likeness (QED) is 0.747. The molecule has 1 atom stereocenters. The van der Waals surface area contributed by atoms with Crippen molar-refractivity contribution < 1.29 is 9.23 Å². The lowest BCUT2D eigenvalue weighted by molar-refractivity contribution is 0.104. The zero-order valence-corrected chi connectivity index (χ0v) is 9.00. The third-order valence-corrected chi connectivity index (χ3v) is 2.79. The zero-order valence-electron chi connectivity index (χ0n) is 7.41. The molecule has 0 amide bonds. The summed E-state index contributed by atoms with van der Waals surface area (Å²) >= 11 is 3.32. The SMILES string of the molecule is Fc1cccc(C2=NOC(CBr)C2)c1. The standard InChI is InChI=1S/C10H9BrFNO/c11-6-9-5-10(13-14-9)7-2-1-3-8(12)4-7/h1-4,9H,5-6H2. The molecule has 0 saturated heterocycles. The van der Waals surface area contributed by atoms with Gasteiger partial charge in [-0.2, -0.15) is 0 Å². The molecule has 2 nitrogen and oxygen atoms in total. The molecule has 1 aliphatic rings. The summed E-state index contributed by atoms with van der Waals surface area (Å²) in [5.41, 5.74) is 1.61. The lowest BCUT2D eigenvalue weighted by Crippen LogP contribution is -2.09. The zero-order chi connectivity index (χ0) is 9.97. The van der Waals surface area contributed by atoms with Crippen LogP contribution in [0.25, 0.3) is 0 Å². The van der Waals surface area contributed by atoms with Crippen LogP contribution in [0.15, 0.2) is 29.4 Å². The van der Waals surface area contributed by atoms with Gasteiger partial charge in [-0.05, 0) is 12.1 Å². The molecule has 1 heterocycles. The minimum absolute atomic E-state index is 0.0771. The Morgan fingerprint density at radius 2 is 2.43 bits per heavy atom. The first-order chi connectivity index (χ1) is 6.79. The van der Waals surface area contributed by atoms with Gasteiger partial charge >= 0.3 is 0 Å². The molecular weight excluding hydrogens is 249 g/mol. The highest BCUT2D eigenvalue weighted by molar-refractivity contribution is 9.09. The molecule has 1 aromatic carbocycles. The first-order valence-corrected chi connectivity index (χ1v) is 5.46. The molecule has 0 saturated carbocycles. The van der Waals surface area contributed by atoms with Crippen LogP contribution >= 0.6 is 15.9 Å². The average molecular weight is 258 g/mol. The van der Waals surface area contributed by atoms with Crippen molar-refractivity contribution in [2.24, 2.45) is 5.16 Å². The molecule has 0 spiro atoms. The van der Waals surface area contributed by atoms with E-state index in [4.69, 9.17) is 4.84 Å². The summed E-state index contributed by atoms with van der Waals surface area (Å²) in [6, 6.07) is 6.40. The molecule has 1 unspecified atom stereocenters. The predicted octanol–water partition coefficient (Wildman–Crippen LogP) is 2.71. The van der Waals surface area contributed by atoms with Crippen LogP contribution < -0.4 is 0 Å². The molecule has 0 bridgehead atoms. The highest BCUT2D eigenvalue weighted by Gasteiger charge is 2.20. The maximum atomic E-state index is 12.9. The van der Waals surface area contributed by atoms with Gasteiger partial charge in [0.15, 0.2) is 0 Å². The largest absolute Gasteiger partial charge is 0.391 e. The summed E-state index contributed by atoms with van der Waals surface area (Å²) in [6.45, 7) is 0. The minimum atomic E-state index is -0.243. The van der Waals surface area contributed by atoms with Crippen molar-refractivity contribution in [3.63, 3.8) is 0 Å². The molecular formula is C10H9BrFNO.